The third-order valence-electron chi connectivity index (χ3n) is 6.84. The maximum absolute atomic E-state index is 12.4. The number of aromatic nitrogens is 4. The molecule has 224 valence electrons. The Morgan fingerprint density at radius 3 is 2.15 bits per heavy atom. The summed E-state index contributed by atoms with van der Waals surface area (Å²) < 4.78 is 38.0. The molecule has 4 heterocycles. The highest BCUT2D eigenvalue weighted by atomic mass is 127. The van der Waals surface area contributed by atoms with Crippen LogP contribution in [0, 0.1) is 31.1 Å². The lowest BCUT2D eigenvalue weighted by atomic mass is 10.0. The number of nitriles is 1. The summed E-state index contributed by atoms with van der Waals surface area (Å²) in [6.45, 7) is 5.46. The van der Waals surface area contributed by atoms with Gasteiger partial charge in [0.15, 0.2) is 0 Å². The first kappa shape index (κ1) is 31.7. The summed E-state index contributed by atoms with van der Waals surface area (Å²) in [5, 5.41) is 8.97. The highest BCUT2D eigenvalue weighted by Gasteiger charge is 2.41. The molecule has 0 aromatic carbocycles. The summed E-state index contributed by atoms with van der Waals surface area (Å²) in [4.78, 5) is 52.9. The van der Waals surface area contributed by atoms with E-state index in [2.05, 4.69) is 9.97 Å². The molecule has 0 saturated carbocycles. The lowest BCUT2D eigenvalue weighted by Gasteiger charge is -2.24. The predicted molar refractivity (Wildman–Crippen MR) is 152 cm³/mol. The molecule has 2 aromatic heterocycles. The van der Waals surface area contributed by atoms with E-state index in [1.54, 1.807) is 36.9 Å². The Bertz CT molecular complexity index is 1490. The molecule has 0 radical (unpaired) electrons. The van der Waals surface area contributed by atoms with E-state index in [0.717, 1.165) is 0 Å². The number of halogens is 1. The molecule has 15 nitrogen and oxygen atoms in total. The van der Waals surface area contributed by atoms with E-state index in [1.165, 1.54) is 21.5 Å². The zero-order valence-corrected chi connectivity index (χ0v) is 25.7. The number of rotatable bonds is 12. The van der Waals surface area contributed by atoms with Crippen LogP contribution in [0.25, 0.3) is 0 Å². The Kier molecular flexibility index (Phi) is 11.1. The van der Waals surface area contributed by atoms with Crippen LogP contribution in [0.5, 0.6) is 0 Å². The number of H-pyrrole nitrogens is 2. The van der Waals surface area contributed by atoms with Crippen LogP contribution in [0.2, 0.25) is 0 Å². The smallest absolute Gasteiger partial charge is 0.333 e. The van der Waals surface area contributed by atoms with Crippen LogP contribution < -0.4 is 22.5 Å². The van der Waals surface area contributed by atoms with Crippen LogP contribution >= 0.6 is 31.6 Å². The lowest BCUT2D eigenvalue weighted by molar-refractivity contribution is -0.0421. The fourth-order valence-corrected chi connectivity index (χ4v) is 6.05. The van der Waals surface area contributed by atoms with E-state index in [9.17, 15) is 19.2 Å². The molecule has 2 N–H and O–H groups in total. The van der Waals surface area contributed by atoms with Gasteiger partial charge in [-0.3, -0.25) is 28.7 Å². The van der Waals surface area contributed by atoms with Gasteiger partial charge in [0.05, 0.1) is 44.5 Å². The van der Waals surface area contributed by atoms with Crippen molar-refractivity contribution < 1.29 is 26.1 Å². The average Bonchev–Trinajstić information content (AvgIpc) is 3.49. The summed E-state index contributed by atoms with van der Waals surface area (Å²) in [6.07, 6.45) is 0.902. The highest BCUT2D eigenvalue weighted by Crippen LogP contribution is 2.47. The third-order valence-corrected chi connectivity index (χ3v) is 8.39. The van der Waals surface area contributed by atoms with Crippen molar-refractivity contribution in [3.63, 3.8) is 0 Å². The molecular weight excluding hydrogens is 676 g/mol. The lowest BCUT2D eigenvalue weighted by Crippen LogP contribution is -2.33. The molecule has 41 heavy (non-hydrogen) atoms. The Morgan fingerprint density at radius 1 is 0.976 bits per heavy atom. The summed E-state index contributed by atoms with van der Waals surface area (Å²) in [5.74, 6) is 0.00445. The van der Waals surface area contributed by atoms with Gasteiger partial charge in [0.1, 0.15) is 41.6 Å². The fourth-order valence-electron chi connectivity index (χ4n) is 4.55. The Balaban J connectivity index is 1.44. The van der Waals surface area contributed by atoms with Gasteiger partial charge in [0, 0.05) is 29.9 Å². The zero-order valence-electron chi connectivity index (χ0n) is 22.6. The number of nitrogens with one attached hydrogen (secondary N) is 2. The number of ether oxygens (including phenoxy) is 2. The molecule has 0 spiro atoms. The van der Waals surface area contributed by atoms with Gasteiger partial charge in [0.25, 0.3) is 11.1 Å². The maximum atomic E-state index is 12.4. The van der Waals surface area contributed by atoms with Crippen molar-refractivity contribution in [2.24, 2.45) is 5.92 Å². The zero-order chi connectivity index (χ0) is 29.7. The molecule has 7 atom stereocenters. The summed E-state index contributed by atoms with van der Waals surface area (Å²) in [6, 6.07) is 2.01. The van der Waals surface area contributed by atoms with Gasteiger partial charge >= 0.3 is 20.0 Å². The van der Waals surface area contributed by atoms with Crippen LogP contribution in [0.3, 0.4) is 0 Å². The topological polar surface area (TPSA) is 189 Å². The summed E-state index contributed by atoms with van der Waals surface area (Å²) in [5.41, 5.74) is -1.33. The minimum Gasteiger partial charge on any atom is -0.352 e. The molecule has 4 rings (SSSR count). The number of aryl methyl sites for hydroxylation is 2. The first-order valence-electron chi connectivity index (χ1n) is 12.9. The van der Waals surface area contributed by atoms with Gasteiger partial charge in [-0.05, 0) is 26.2 Å². The van der Waals surface area contributed by atoms with Crippen molar-refractivity contribution in [3.05, 3.63) is 65.2 Å². The molecule has 0 aliphatic carbocycles. The number of hydrogen-bond donors (Lipinski definition) is 2. The predicted octanol–water partition coefficient (Wildman–Crippen LogP) is 1.84. The second-order valence-electron chi connectivity index (χ2n) is 9.84. The molecule has 2 aliphatic rings. The second kappa shape index (κ2) is 14.3. The molecule has 2 fully saturated rings. The molecule has 2 aliphatic heterocycles. The van der Waals surface area contributed by atoms with Crippen molar-refractivity contribution in [2.45, 2.75) is 70.8 Å². The van der Waals surface area contributed by atoms with Gasteiger partial charge in [-0.25, -0.2) is 9.59 Å². The standard InChI is InChI=1S/C24H31IN5O10P/c1-13-7-19(29-9-14(2)21(31)27-23(29)33)38-17(13)12-37-41(36-6-4-5-26)40-16-8-20(39-18(16)11-35-25)30-10-15(3)22(32)28-24(30)34/h9-10,13,16-20H,4,6-8,11-12H2,1-3H3,(H,27,31,33)(H,28,32,34). The van der Waals surface area contributed by atoms with Crippen LogP contribution in [-0.4, -0.2) is 57.2 Å². The molecule has 17 heteroatoms. The van der Waals surface area contributed by atoms with E-state index in [0.29, 0.717) is 17.5 Å². The Hall–Kier alpha value is -2.23. The number of aromatic amines is 2. The molecular formula is C24H31IN5O10P. The van der Waals surface area contributed by atoms with Gasteiger partial charge in [0.2, 0.25) is 0 Å². The quantitative estimate of drug-likeness (QED) is 0.186. The monoisotopic (exact) mass is 707 g/mol. The first-order chi connectivity index (χ1) is 19.6. The van der Waals surface area contributed by atoms with Crippen molar-refractivity contribution in [3.8, 4) is 6.07 Å². The van der Waals surface area contributed by atoms with Gasteiger partial charge in [-0.1, -0.05) is 6.92 Å². The van der Waals surface area contributed by atoms with Crippen molar-refractivity contribution >= 4 is 31.6 Å². The van der Waals surface area contributed by atoms with Crippen molar-refractivity contribution in [1.29, 1.82) is 5.26 Å². The molecule has 0 amide bonds. The normalized spacial score (nSPS) is 26.7. The van der Waals surface area contributed by atoms with Crippen molar-refractivity contribution in [2.75, 3.05) is 19.8 Å². The van der Waals surface area contributed by atoms with Gasteiger partial charge in [-0.15, -0.1) is 0 Å². The molecule has 7 unspecified atom stereocenters. The Labute approximate surface area is 249 Å². The van der Waals surface area contributed by atoms with E-state index in [1.807, 2.05) is 13.0 Å². The van der Waals surface area contributed by atoms with E-state index in [-0.39, 0.29) is 38.6 Å². The van der Waals surface area contributed by atoms with E-state index in [4.69, 9.17) is 31.4 Å². The highest BCUT2D eigenvalue weighted by molar-refractivity contribution is 14.1. The largest absolute Gasteiger partial charge is 0.352 e. The molecule has 2 aromatic rings. The SMILES string of the molecule is Cc1cn(C2CC(C)C(COP(OCCC#N)OC3CC(n4cc(C)c(=O)[nH]c4=O)OC3COI)O2)c(=O)[nH]c1=O. The van der Waals surface area contributed by atoms with Gasteiger partial charge in [-0.2, -0.15) is 5.26 Å². The maximum Gasteiger partial charge on any atom is 0.333 e. The minimum atomic E-state index is -1.98. The molecule has 0 bridgehead atoms. The number of hydrogen-bond acceptors (Lipinski definition) is 11. The molecule has 2 saturated heterocycles. The van der Waals surface area contributed by atoms with Crippen LogP contribution in [-0.2, 0) is 26.1 Å². The van der Waals surface area contributed by atoms with E-state index >= 15 is 0 Å². The van der Waals surface area contributed by atoms with Crippen LogP contribution in [0.1, 0.15) is 49.8 Å². The van der Waals surface area contributed by atoms with Crippen LogP contribution in [0.4, 0.5) is 0 Å². The van der Waals surface area contributed by atoms with Crippen molar-refractivity contribution in [1.82, 2.24) is 19.1 Å². The minimum absolute atomic E-state index is 0.00445. The second-order valence-corrected chi connectivity index (χ2v) is 11.6. The summed E-state index contributed by atoms with van der Waals surface area (Å²) >= 11 is 1.74. The summed E-state index contributed by atoms with van der Waals surface area (Å²) in [7, 11) is -1.98. The number of nitrogens with zero attached hydrogens (tertiary/aromatic N) is 3. The first-order valence-corrected chi connectivity index (χ1v) is 14.9. The average molecular weight is 707 g/mol. The Morgan fingerprint density at radius 2 is 1.56 bits per heavy atom. The van der Waals surface area contributed by atoms with Crippen LogP contribution in [0.15, 0.2) is 31.6 Å². The van der Waals surface area contributed by atoms with Gasteiger partial charge < -0.3 is 26.1 Å². The van der Waals surface area contributed by atoms with E-state index < -0.39 is 61.9 Å². The fraction of sp³-hybridized carbons (Fsp3) is 0.625. The third kappa shape index (κ3) is 7.79.